The lowest BCUT2D eigenvalue weighted by Gasteiger charge is -2.29. The van der Waals surface area contributed by atoms with Crippen LogP contribution in [0.25, 0.3) is 0 Å². The number of unbranched alkanes of at least 4 members (excludes halogenated alkanes) is 2. The first-order chi connectivity index (χ1) is 14.8. The maximum absolute atomic E-state index is 14.6. The fraction of sp³-hybridized carbons (Fsp3) is 0.520. The summed E-state index contributed by atoms with van der Waals surface area (Å²) in [6.07, 6.45) is 4.44. The van der Waals surface area contributed by atoms with E-state index >= 15 is 0 Å². The van der Waals surface area contributed by atoms with Gasteiger partial charge >= 0.3 is 6.18 Å². The van der Waals surface area contributed by atoms with Gasteiger partial charge in [-0.2, -0.15) is 13.2 Å². The molecule has 0 aliphatic heterocycles. The van der Waals surface area contributed by atoms with E-state index in [4.69, 9.17) is 4.74 Å². The van der Waals surface area contributed by atoms with Gasteiger partial charge in [0.2, 0.25) is 0 Å². The summed E-state index contributed by atoms with van der Waals surface area (Å²) in [5.74, 6) is -0.666. The molecule has 170 valence electrons. The van der Waals surface area contributed by atoms with Gasteiger partial charge in [-0.05, 0) is 73.4 Å². The van der Waals surface area contributed by atoms with E-state index in [9.17, 15) is 22.0 Å². The number of hydrogen-bond donors (Lipinski definition) is 0. The summed E-state index contributed by atoms with van der Waals surface area (Å²) >= 11 is 0. The van der Waals surface area contributed by atoms with E-state index in [1.54, 1.807) is 0 Å². The minimum absolute atomic E-state index is 0.0842. The fourth-order valence-corrected chi connectivity index (χ4v) is 4.38. The zero-order valence-electron chi connectivity index (χ0n) is 17.8. The van der Waals surface area contributed by atoms with Crippen molar-refractivity contribution >= 4 is 0 Å². The van der Waals surface area contributed by atoms with E-state index in [-0.39, 0.29) is 17.2 Å². The highest BCUT2D eigenvalue weighted by Gasteiger charge is 2.30. The smallest absolute Gasteiger partial charge is 0.416 e. The second-order valence-electron chi connectivity index (χ2n) is 8.49. The first kappa shape index (κ1) is 23.6. The van der Waals surface area contributed by atoms with Gasteiger partial charge in [0.25, 0.3) is 0 Å². The Bertz CT molecular complexity index is 830. The largest absolute Gasteiger partial charge is 0.489 e. The molecule has 6 heteroatoms. The van der Waals surface area contributed by atoms with Gasteiger partial charge in [0, 0.05) is 0 Å². The van der Waals surface area contributed by atoms with E-state index < -0.39 is 30.0 Å². The summed E-state index contributed by atoms with van der Waals surface area (Å²) in [4.78, 5) is 0. The van der Waals surface area contributed by atoms with Crippen LogP contribution in [0, 0.1) is 17.6 Å². The first-order valence-electron chi connectivity index (χ1n) is 11.1. The zero-order chi connectivity index (χ0) is 22.4. The molecule has 0 spiro atoms. The average molecular weight is 440 g/mol. The molecule has 31 heavy (non-hydrogen) atoms. The molecule has 3 rings (SSSR count). The number of alkyl halides is 3. The minimum atomic E-state index is -4.51. The van der Waals surface area contributed by atoms with Crippen molar-refractivity contribution in [3.05, 3.63) is 64.7 Å². The summed E-state index contributed by atoms with van der Waals surface area (Å²) in [6.45, 7) is 1.72. The number of halogens is 5. The van der Waals surface area contributed by atoms with Crippen LogP contribution in [0.2, 0.25) is 0 Å². The summed E-state index contributed by atoms with van der Waals surface area (Å²) in [7, 11) is 0. The molecule has 2 aromatic rings. The molecule has 0 atom stereocenters. The summed E-state index contributed by atoms with van der Waals surface area (Å²) in [5, 5.41) is 0. The van der Waals surface area contributed by atoms with Crippen LogP contribution in [-0.2, 0) is 12.8 Å². The molecule has 0 radical (unpaired) electrons. The number of rotatable bonds is 8. The third-order valence-corrected chi connectivity index (χ3v) is 6.24. The lowest BCUT2D eigenvalue weighted by atomic mass is 9.77. The lowest BCUT2D eigenvalue weighted by molar-refractivity contribution is -0.137. The Kier molecular flexibility index (Phi) is 7.95. The van der Waals surface area contributed by atoms with Gasteiger partial charge in [0.05, 0.1) is 11.1 Å². The van der Waals surface area contributed by atoms with Crippen LogP contribution in [0.15, 0.2) is 36.4 Å². The van der Waals surface area contributed by atoms with Crippen molar-refractivity contribution in [2.75, 3.05) is 0 Å². The quantitative estimate of drug-likeness (QED) is 0.296. The number of benzene rings is 2. The predicted molar refractivity (Wildman–Crippen MR) is 111 cm³/mol. The van der Waals surface area contributed by atoms with E-state index in [1.807, 2.05) is 0 Å². The molecule has 0 unspecified atom stereocenters. The highest BCUT2D eigenvalue weighted by molar-refractivity contribution is 5.32. The molecule has 1 fully saturated rings. The molecule has 2 aromatic carbocycles. The molecule has 1 saturated carbocycles. The Labute approximate surface area is 180 Å². The zero-order valence-corrected chi connectivity index (χ0v) is 17.8. The van der Waals surface area contributed by atoms with Gasteiger partial charge in [-0.3, -0.25) is 0 Å². The normalized spacial score (nSPS) is 19.4. The Morgan fingerprint density at radius 1 is 0.935 bits per heavy atom. The molecule has 0 heterocycles. The standard InChI is InChI=1S/C25H29F5O/c1-2-3-4-6-17-9-11-18(12-10-17)19-13-23(26)22(24(27)14-19)16-31-21-8-5-7-20(15-21)25(28,29)30/h5,7-8,13-15,17-18H,2-4,6,9-12,16H2,1H3. The maximum atomic E-state index is 14.6. The number of ether oxygens (including phenoxy) is 1. The van der Waals surface area contributed by atoms with Crippen molar-refractivity contribution in [3.63, 3.8) is 0 Å². The van der Waals surface area contributed by atoms with Crippen LogP contribution in [0.4, 0.5) is 22.0 Å². The van der Waals surface area contributed by atoms with E-state index in [0.717, 1.165) is 37.8 Å². The van der Waals surface area contributed by atoms with Crippen LogP contribution in [-0.4, -0.2) is 0 Å². The molecular weight excluding hydrogens is 411 g/mol. The lowest BCUT2D eigenvalue weighted by Crippen LogP contribution is -2.14. The Morgan fingerprint density at radius 2 is 1.61 bits per heavy atom. The Hall–Kier alpha value is -2.11. The van der Waals surface area contributed by atoms with Crippen molar-refractivity contribution in [2.45, 2.75) is 77.0 Å². The highest BCUT2D eigenvalue weighted by Crippen LogP contribution is 2.39. The Morgan fingerprint density at radius 3 is 2.23 bits per heavy atom. The van der Waals surface area contributed by atoms with Crippen LogP contribution < -0.4 is 4.74 Å². The van der Waals surface area contributed by atoms with Crippen LogP contribution in [0.5, 0.6) is 5.75 Å². The van der Waals surface area contributed by atoms with Crippen molar-refractivity contribution in [1.29, 1.82) is 0 Å². The van der Waals surface area contributed by atoms with Crippen molar-refractivity contribution < 1.29 is 26.7 Å². The first-order valence-corrected chi connectivity index (χ1v) is 11.1. The molecular formula is C25H29F5O. The van der Waals surface area contributed by atoms with E-state index in [0.29, 0.717) is 11.5 Å². The average Bonchev–Trinajstić information content (AvgIpc) is 2.73. The van der Waals surface area contributed by atoms with E-state index in [1.165, 1.54) is 49.9 Å². The van der Waals surface area contributed by atoms with Crippen molar-refractivity contribution in [2.24, 2.45) is 5.92 Å². The van der Waals surface area contributed by atoms with Crippen molar-refractivity contribution in [1.82, 2.24) is 0 Å². The van der Waals surface area contributed by atoms with Crippen LogP contribution in [0.1, 0.15) is 80.9 Å². The van der Waals surface area contributed by atoms with Gasteiger partial charge in [-0.25, -0.2) is 8.78 Å². The Balaban J connectivity index is 1.61. The van der Waals surface area contributed by atoms with Crippen LogP contribution in [0.3, 0.4) is 0 Å². The minimum Gasteiger partial charge on any atom is -0.489 e. The third-order valence-electron chi connectivity index (χ3n) is 6.24. The van der Waals surface area contributed by atoms with Gasteiger partial charge in [0.15, 0.2) is 0 Å². The fourth-order valence-electron chi connectivity index (χ4n) is 4.38. The summed E-state index contributed by atoms with van der Waals surface area (Å²) in [5.41, 5.74) is -0.481. The third kappa shape index (κ3) is 6.44. The van der Waals surface area contributed by atoms with Gasteiger partial charge in [0.1, 0.15) is 24.0 Å². The second-order valence-corrected chi connectivity index (χ2v) is 8.49. The SMILES string of the molecule is CCCCCC1CCC(c2cc(F)c(COc3cccc(C(F)(F)F)c3)c(F)c2)CC1. The molecule has 1 aliphatic carbocycles. The topological polar surface area (TPSA) is 9.23 Å². The van der Waals surface area contributed by atoms with E-state index in [2.05, 4.69) is 6.92 Å². The van der Waals surface area contributed by atoms with Crippen molar-refractivity contribution in [3.8, 4) is 5.75 Å². The van der Waals surface area contributed by atoms with Gasteiger partial charge in [-0.15, -0.1) is 0 Å². The van der Waals surface area contributed by atoms with Gasteiger partial charge in [-0.1, -0.05) is 38.7 Å². The second kappa shape index (κ2) is 10.5. The maximum Gasteiger partial charge on any atom is 0.416 e. The van der Waals surface area contributed by atoms with Crippen LogP contribution >= 0.6 is 0 Å². The summed E-state index contributed by atoms with van der Waals surface area (Å²) < 4.78 is 72.9. The highest BCUT2D eigenvalue weighted by atomic mass is 19.4. The molecule has 0 N–H and O–H groups in total. The molecule has 0 amide bonds. The molecule has 0 saturated heterocycles. The van der Waals surface area contributed by atoms with Gasteiger partial charge < -0.3 is 4.74 Å². The summed E-state index contributed by atoms with van der Waals surface area (Å²) in [6, 6.07) is 6.99. The molecule has 1 nitrogen and oxygen atoms in total. The number of hydrogen-bond acceptors (Lipinski definition) is 1. The molecule has 0 bridgehead atoms. The monoisotopic (exact) mass is 440 g/mol. The predicted octanol–water partition coefficient (Wildman–Crippen LogP) is 8.42. The molecule has 1 aliphatic rings. The molecule has 0 aromatic heterocycles.